The van der Waals surface area contributed by atoms with Crippen molar-refractivity contribution in [2.45, 2.75) is 31.9 Å². The van der Waals surface area contributed by atoms with E-state index in [9.17, 15) is 4.79 Å². The number of carboxylic acid groups (broad SMARTS) is 1. The first-order valence-corrected chi connectivity index (χ1v) is 6.25. The Balaban J connectivity index is 1.96. The molecule has 0 bridgehead atoms. The predicted molar refractivity (Wildman–Crippen MR) is 68.3 cm³/mol. The zero-order valence-electron chi connectivity index (χ0n) is 10.0. The molecule has 5 nitrogen and oxygen atoms in total. The van der Waals surface area contributed by atoms with Crippen LogP contribution in [0.5, 0.6) is 0 Å². The molecular weight excluding hydrogens is 256 g/mol. The Labute approximate surface area is 110 Å². The molecule has 98 valence electrons. The summed E-state index contributed by atoms with van der Waals surface area (Å²) >= 11 is 5.78. The number of aromatic nitrogens is 1. The van der Waals surface area contributed by atoms with Gasteiger partial charge in [0, 0.05) is 12.6 Å². The summed E-state index contributed by atoms with van der Waals surface area (Å²) < 4.78 is 5.45. The second-order valence-electron chi connectivity index (χ2n) is 4.26. The van der Waals surface area contributed by atoms with Crippen LogP contribution in [0.2, 0.25) is 5.15 Å². The highest BCUT2D eigenvalue weighted by molar-refractivity contribution is 6.29. The van der Waals surface area contributed by atoms with Crippen molar-refractivity contribution in [2.24, 2.45) is 0 Å². The molecule has 1 aliphatic rings. The molecular formula is C12H15ClN2O3. The highest BCUT2D eigenvalue weighted by Crippen LogP contribution is 2.27. The lowest BCUT2D eigenvalue weighted by Crippen LogP contribution is -2.41. The molecule has 2 N–H and O–H groups in total. The summed E-state index contributed by atoms with van der Waals surface area (Å²) in [6.07, 6.45) is 2.11. The van der Waals surface area contributed by atoms with Gasteiger partial charge in [-0.3, -0.25) is 0 Å². The van der Waals surface area contributed by atoms with Crippen LogP contribution in [0.4, 0.5) is 5.82 Å². The molecule has 1 heterocycles. The van der Waals surface area contributed by atoms with Crippen LogP contribution in [0, 0.1) is 0 Å². The van der Waals surface area contributed by atoms with Crippen LogP contribution in [-0.2, 0) is 4.74 Å². The molecule has 0 aromatic carbocycles. The average molecular weight is 271 g/mol. The third-order valence-electron chi connectivity index (χ3n) is 2.89. The first-order chi connectivity index (χ1) is 8.58. The van der Waals surface area contributed by atoms with Gasteiger partial charge in [0.25, 0.3) is 0 Å². The van der Waals surface area contributed by atoms with Crippen LogP contribution in [0.15, 0.2) is 12.1 Å². The van der Waals surface area contributed by atoms with Gasteiger partial charge in [-0.05, 0) is 31.9 Å². The Bertz CT molecular complexity index is 447. The minimum atomic E-state index is -1.01. The molecule has 0 unspecified atom stereocenters. The molecule has 1 saturated carbocycles. The molecule has 6 heteroatoms. The number of carboxylic acids is 1. The second-order valence-corrected chi connectivity index (χ2v) is 4.65. The number of ether oxygens (including phenoxy) is 1. The minimum Gasteiger partial charge on any atom is -0.478 e. The fraction of sp³-hybridized carbons (Fsp3) is 0.500. The molecule has 0 atom stereocenters. The van der Waals surface area contributed by atoms with Gasteiger partial charge in [0.15, 0.2) is 0 Å². The van der Waals surface area contributed by atoms with Gasteiger partial charge in [-0.25, -0.2) is 9.78 Å². The van der Waals surface area contributed by atoms with E-state index in [-0.39, 0.29) is 16.8 Å². The third kappa shape index (κ3) is 3.11. The average Bonchev–Trinajstić information content (AvgIpc) is 2.25. The largest absolute Gasteiger partial charge is 0.478 e. The lowest BCUT2D eigenvalue weighted by Gasteiger charge is -2.35. The number of pyridine rings is 1. The topological polar surface area (TPSA) is 71.5 Å². The van der Waals surface area contributed by atoms with Crippen molar-refractivity contribution in [3.63, 3.8) is 0 Å². The fourth-order valence-corrected chi connectivity index (χ4v) is 2.17. The maximum atomic E-state index is 10.9. The van der Waals surface area contributed by atoms with Crippen molar-refractivity contribution in [3.8, 4) is 0 Å². The first kappa shape index (κ1) is 13.1. The van der Waals surface area contributed by atoms with E-state index in [0.29, 0.717) is 11.9 Å². The molecule has 1 aliphatic carbocycles. The summed E-state index contributed by atoms with van der Waals surface area (Å²) in [6.45, 7) is 2.69. The van der Waals surface area contributed by atoms with Crippen LogP contribution in [0.3, 0.4) is 0 Å². The van der Waals surface area contributed by atoms with Gasteiger partial charge in [0.2, 0.25) is 0 Å². The Morgan fingerprint density at radius 2 is 2.33 bits per heavy atom. The molecule has 18 heavy (non-hydrogen) atoms. The van der Waals surface area contributed by atoms with E-state index in [0.717, 1.165) is 19.4 Å². The van der Waals surface area contributed by atoms with E-state index in [1.807, 2.05) is 6.92 Å². The van der Waals surface area contributed by atoms with E-state index >= 15 is 0 Å². The van der Waals surface area contributed by atoms with E-state index in [4.69, 9.17) is 21.4 Å². The van der Waals surface area contributed by atoms with Gasteiger partial charge in [-0.1, -0.05) is 11.6 Å². The van der Waals surface area contributed by atoms with Crippen LogP contribution < -0.4 is 5.32 Å². The van der Waals surface area contributed by atoms with E-state index in [1.165, 1.54) is 12.1 Å². The third-order valence-corrected chi connectivity index (χ3v) is 3.08. The van der Waals surface area contributed by atoms with Gasteiger partial charge in [0.05, 0.1) is 11.7 Å². The second kappa shape index (κ2) is 5.54. The zero-order chi connectivity index (χ0) is 13.1. The van der Waals surface area contributed by atoms with Gasteiger partial charge < -0.3 is 15.2 Å². The Hall–Kier alpha value is -1.33. The zero-order valence-corrected chi connectivity index (χ0v) is 10.8. The van der Waals surface area contributed by atoms with Crippen molar-refractivity contribution in [1.82, 2.24) is 4.98 Å². The number of nitrogens with zero attached hydrogens (tertiary/aromatic N) is 1. The molecule has 0 spiro atoms. The maximum Gasteiger partial charge on any atom is 0.335 e. The number of anilines is 1. The molecule has 0 saturated heterocycles. The standard InChI is InChI=1S/C12H15ClN2O3/c1-2-18-9-5-8(6-9)14-11-4-7(12(16)17)3-10(13)15-11/h3-4,8-9H,2,5-6H2,1H3,(H,14,15)(H,16,17). The van der Waals surface area contributed by atoms with Crippen molar-refractivity contribution in [1.29, 1.82) is 0 Å². The summed E-state index contributed by atoms with van der Waals surface area (Å²) in [7, 11) is 0. The number of nitrogens with one attached hydrogen (secondary N) is 1. The van der Waals surface area contributed by atoms with Crippen LogP contribution in [-0.4, -0.2) is 34.8 Å². The molecule has 0 amide bonds. The Kier molecular flexibility index (Phi) is 4.04. The minimum absolute atomic E-state index is 0.137. The Morgan fingerprint density at radius 3 is 2.94 bits per heavy atom. The summed E-state index contributed by atoms with van der Waals surface area (Å²) in [5, 5.41) is 12.3. The molecule has 1 aromatic heterocycles. The van der Waals surface area contributed by atoms with E-state index in [2.05, 4.69) is 10.3 Å². The molecule has 1 fully saturated rings. The SMILES string of the molecule is CCOC1CC(Nc2cc(C(=O)O)cc(Cl)n2)C1. The lowest BCUT2D eigenvalue weighted by atomic mass is 9.89. The van der Waals surface area contributed by atoms with Crippen LogP contribution >= 0.6 is 11.6 Å². The quantitative estimate of drug-likeness (QED) is 0.804. The predicted octanol–water partition coefficient (Wildman–Crippen LogP) is 2.41. The normalized spacial score (nSPS) is 22.3. The first-order valence-electron chi connectivity index (χ1n) is 5.87. The van der Waals surface area contributed by atoms with Crippen molar-refractivity contribution < 1.29 is 14.6 Å². The number of hydrogen-bond acceptors (Lipinski definition) is 4. The maximum absolute atomic E-state index is 10.9. The fourth-order valence-electron chi connectivity index (χ4n) is 1.96. The summed E-state index contributed by atoms with van der Waals surface area (Å²) in [5.41, 5.74) is 0.137. The summed E-state index contributed by atoms with van der Waals surface area (Å²) in [4.78, 5) is 14.9. The van der Waals surface area contributed by atoms with Gasteiger partial charge >= 0.3 is 5.97 Å². The highest BCUT2D eigenvalue weighted by Gasteiger charge is 2.29. The van der Waals surface area contributed by atoms with E-state index in [1.54, 1.807) is 0 Å². The molecule has 1 aromatic rings. The van der Waals surface area contributed by atoms with Crippen LogP contribution in [0.1, 0.15) is 30.1 Å². The highest BCUT2D eigenvalue weighted by atomic mass is 35.5. The van der Waals surface area contributed by atoms with Crippen molar-refractivity contribution >= 4 is 23.4 Å². The monoisotopic (exact) mass is 270 g/mol. The van der Waals surface area contributed by atoms with Gasteiger partial charge in [-0.15, -0.1) is 0 Å². The molecule has 2 rings (SSSR count). The Morgan fingerprint density at radius 1 is 1.61 bits per heavy atom. The molecule has 0 aliphatic heterocycles. The number of hydrogen-bond donors (Lipinski definition) is 2. The van der Waals surface area contributed by atoms with E-state index < -0.39 is 5.97 Å². The smallest absolute Gasteiger partial charge is 0.335 e. The summed E-state index contributed by atoms with van der Waals surface area (Å²) in [6, 6.07) is 3.09. The van der Waals surface area contributed by atoms with Crippen molar-refractivity contribution in [2.75, 3.05) is 11.9 Å². The van der Waals surface area contributed by atoms with Gasteiger partial charge in [0.1, 0.15) is 11.0 Å². The van der Waals surface area contributed by atoms with Gasteiger partial charge in [-0.2, -0.15) is 0 Å². The summed E-state index contributed by atoms with van der Waals surface area (Å²) in [5.74, 6) is -0.511. The number of carbonyl (C=O) groups is 1. The number of rotatable bonds is 5. The number of aromatic carboxylic acids is 1. The van der Waals surface area contributed by atoms with Crippen LogP contribution in [0.25, 0.3) is 0 Å². The van der Waals surface area contributed by atoms with Crippen molar-refractivity contribution in [3.05, 3.63) is 22.8 Å². The molecule has 0 radical (unpaired) electrons. The lowest BCUT2D eigenvalue weighted by molar-refractivity contribution is 0.00292. The number of halogens is 1.